The summed E-state index contributed by atoms with van der Waals surface area (Å²) in [6.07, 6.45) is 13.2. The summed E-state index contributed by atoms with van der Waals surface area (Å²) in [5.41, 5.74) is 2.67. The van der Waals surface area contributed by atoms with Crippen molar-refractivity contribution in [3.05, 3.63) is 35.9 Å². The second kappa shape index (κ2) is 24.3. The van der Waals surface area contributed by atoms with E-state index in [9.17, 15) is 19.2 Å². The molecule has 3 unspecified atom stereocenters. The van der Waals surface area contributed by atoms with Crippen LogP contribution < -0.4 is 32.2 Å². The zero-order valence-corrected chi connectivity index (χ0v) is 31.8. The van der Waals surface area contributed by atoms with Crippen molar-refractivity contribution >= 4 is 47.3 Å². The Morgan fingerprint density at radius 2 is 1.78 bits per heavy atom. The van der Waals surface area contributed by atoms with Gasteiger partial charge in [0.05, 0.1) is 24.4 Å². The minimum atomic E-state index is -0.755. The molecule has 7 N–H and O–H groups in total. The lowest BCUT2D eigenvalue weighted by molar-refractivity contribution is -0.146. The number of benzene rings is 1. The van der Waals surface area contributed by atoms with E-state index in [0.29, 0.717) is 49.1 Å². The Hall–Kier alpha value is -2.96. The van der Waals surface area contributed by atoms with Gasteiger partial charge in [-0.05, 0) is 43.6 Å². The Kier molecular flexibility index (Phi) is 20.2. The molecule has 0 aliphatic carbocycles. The van der Waals surface area contributed by atoms with Crippen LogP contribution in [-0.4, -0.2) is 89.3 Å². The molecule has 5 amide bonds. The molecule has 2 heterocycles. The van der Waals surface area contributed by atoms with Crippen molar-refractivity contribution < 1.29 is 29.2 Å². The van der Waals surface area contributed by atoms with Crippen LogP contribution in [0.25, 0.3) is 0 Å². The fourth-order valence-electron chi connectivity index (χ4n) is 6.58. The molecule has 14 heteroatoms. The molecule has 3 rings (SSSR count). The first kappa shape index (κ1) is 42.5. The first-order chi connectivity index (χ1) is 24.7. The second-order valence-electron chi connectivity index (χ2n) is 13.8. The first-order valence-corrected chi connectivity index (χ1v) is 20.5. The molecule has 1 aromatic carbocycles. The number of carbonyl (C=O) groups is 4. The summed E-state index contributed by atoms with van der Waals surface area (Å²) in [5, 5.41) is 24.5. The maximum absolute atomic E-state index is 13.8. The summed E-state index contributed by atoms with van der Waals surface area (Å²) in [6, 6.07) is 9.23. The Bertz CT molecular complexity index is 1250. The van der Waals surface area contributed by atoms with Crippen molar-refractivity contribution in [3.63, 3.8) is 0 Å². The number of urea groups is 1. The third-order valence-electron chi connectivity index (χ3n) is 9.23. The highest BCUT2D eigenvalue weighted by Gasteiger charge is 2.42. The van der Waals surface area contributed by atoms with Gasteiger partial charge in [0.1, 0.15) is 6.04 Å². The first-order valence-electron chi connectivity index (χ1n) is 18.3. The van der Waals surface area contributed by atoms with Gasteiger partial charge in [-0.2, -0.15) is 11.8 Å². The SMILES string of the molecule is C#CCSC[C@H](CONO)[C@@H](CC(C)C)C(=O)N[C@@H](Cc1ccccc1)C(=O)NCCCCCCNC(=O)CCCCC1SCC2NC(=O)NC21. The summed E-state index contributed by atoms with van der Waals surface area (Å²) >= 11 is 3.43. The number of hydrogen-bond acceptors (Lipinski definition) is 9. The molecular weight excluding hydrogens is 689 g/mol. The van der Waals surface area contributed by atoms with Gasteiger partial charge in [0.15, 0.2) is 0 Å². The summed E-state index contributed by atoms with van der Waals surface area (Å²) in [5.74, 6) is 3.77. The van der Waals surface area contributed by atoms with Crippen LogP contribution >= 0.6 is 23.5 Å². The van der Waals surface area contributed by atoms with Crippen LogP contribution in [-0.2, 0) is 25.6 Å². The molecule has 12 nitrogen and oxygen atoms in total. The largest absolute Gasteiger partial charge is 0.356 e. The molecule has 284 valence electrons. The van der Waals surface area contributed by atoms with Crippen LogP contribution in [0.5, 0.6) is 0 Å². The van der Waals surface area contributed by atoms with Crippen molar-refractivity contribution in [2.75, 3.05) is 37.0 Å². The lowest BCUT2D eigenvalue weighted by Crippen LogP contribution is -2.51. The van der Waals surface area contributed by atoms with E-state index in [1.165, 1.54) is 11.8 Å². The van der Waals surface area contributed by atoms with Gasteiger partial charge in [-0.25, -0.2) is 4.79 Å². The second-order valence-corrected chi connectivity index (χ2v) is 16.1. The Morgan fingerprint density at radius 1 is 1.04 bits per heavy atom. The maximum atomic E-state index is 13.8. The van der Waals surface area contributed by atoms with Crippen molar-refractivity contribution in [2.24, 2.45) is 17.8 Å². The van der Waals surface area contributed by atoms with E-state index in [1.807, 2.05) is 55.9 Å². The molecule has 0 aromatic heterocycles. The summed E-state index contributed by atoms with van der Waals surface area (Å²) < 4.78 is 0. The van der Waals surface area contributed by atoms with Gasteiger partial charge in [0, 0.05) is 54.5 Å². The van der Waals surface area contributed by atoms with E-state index < -0.39 is 12.0 Å². The number of unbranched alkanes of at least 4 members (excludes halogenated alkanes) is 4. The van der Waals surface area contributed by atoms with Gasteiger partial charge in [0.25, 0.3) is 0 Å². The van der Waals surface area contributed by atoms with E-state index in [4.69, 9.17) is 16.5 Å². The smallest absolute Gasteiger partial charge is 0.315 e. The van der Waals surface area contributed by atoms with Gasteiger partial charge in [-0.3, -0.25) is 24.4 Å². The van der Waals surface area contributed by atoms with E-state index in [2.05, 4.69) is 32.5 Å². The van der Waals surface area contributed by atoms with Crippen molar-refractivity contribution in [2.45, 2.75) is 101 Å². The minimum absolute atomic E-state index is 0.0684. The zero-order chi connectivity index (χ0) is 36.8. The summed E-state index contributed by atoms with van der Waals surface area (Å²) in [7, 11) is 0. The fourth-order valence-corrected chi connectivity index (χ4v) is 8.99. The topological polar surface area (TPSA) is 170 Å². The zero-order valence-electron chi connectivity index (χ0n) is 30.1. The average Bonchev–Trinajstić information content (AvgIpc) is 3.67. The number of amides is 5. The molecule has 2 aliphatic heterocycles. The number of hydrogen-bond donors (Lipinski definition) is 7. The van der Waals surface area contributed by atoms with Gasteiger partial charge in [-0.1, -0.05) is 75.0 Å². The molecular formula is C37H58N6O6S2. The minimum Gasteiger partial charge on any atom is -0.356 e. The Morgan fingerprint density at radius 3 is 2.49 bits per heavy atom. The fraction of sp³-hybridized carbons (Fsp3) is 0.676. The number of nitrogens with one attached hydrogen (secondary N) is 6. The van der Waals surface area contributed by atoms with Crippen LogP contribution in [0.2, 0.25) is 0 Å². The molecule has 51 heavy (non-hydrogen) atoms. The maximum Gasteiger partial charge on any atom is 0.315 e. The lowest BCUT2D eigenvalue weighted by atomic mass is 9.85. The van der Waals surface area contributed by atoms with E-state index in [0.717, 1.165) is 56.3 Å². The van der Waals surface area contributed by atoms with Crippen LogP contribution in [0.15, 0.2) is 30.3 Å². The summed E-state index contributed by atoms with van der Waals surface area (Å²) in [6.45, 7) is 5.32. The third-order valence-corrected chi connectivity index (χ3v) is 11.8. The van der Waals surface area contributed by atoms with Crippen LogP contribution in [0.1, 0.15) is 77.2 Å². The molecule has 0 radical (unpaired) electrons. The van der Waals surface area contributed by atoms with E-state index in [1.54, 1.807) is 5.64 Å². The standard InChI is InChI=1S/C37H58N6O6S2/c1-4-20-50-24-28(23-49-43-48)29(21-26(2)3)35(45)40-30(22-27-14-8-7-9-15-27)36(46)39-19-13-6-5-12-18-38-33(44)17-11-10-16-32-34-31(25-51-32)41-37(47)42-34/h1,7-9,14-15,26,28-32,34,43,48H,5-6,10-13,16-25H2,2-3H3,(H,38,44)(H,39,46)(H,40,45)(H2,41,42,47)/t28-,29+,30-,31?,32?,34?/m0/s1. The average molecular weight is 747 g/mol. The van der Waals surface area contributed by atoms with Crippen molar-refractivity contribution in [1.82, 2.24) is 32.2 Å². The van der Waals surface area contributed by atoms with Gasteiger partial charge in [-0.15, -0.1) is 18.2 Å². The molecule has 0 bridgehead atoms. The molecule has 2 aliphatic rings. The van der Waals surface area contributed by atoms with Gasteiger partial charge < -0.3 is 26.6 Å². The number of fused-ring (bicyclic) bond motifs is 1. The van der Waals surface area contributed by atoms with Crippen LogP contribution in [0, 0.1) is 30.1 Å². The Labute approximate surface area is 312 Å². The monoisotopic (exact) mass is 746 g/mol. The third kappa shape index (κ3) is 16.1. The molecule has 1 aromatic rings. The predicted octanol–water partition coefficient (Wildman–Crippen LogP) is 3.79. The van der Waals surface area contributed by atoms with Crippen molar-refractivity contribution in [1.29, 1.82) is 0 Å². The van der Waals surface area contributed by atoms with Gasteiger partial charge in [0.2, 0.25) is 17.7 Å². The number of carbonyl (C=O) groups excluding carboxylic acids is 4. The van der Waals surface area contributed by atoms with Crippen molar-refractivity contribution in [3.8, 4) is 12.3 Å². The molecule has 2 fully saturated rings. The van der Waals surface area contributed by atoms with E-state index in [-0.39, 0.29) is 54.3 Å². The number of thioether (sulfide) groups is 2. The summed E-state index contributed by atoms with van der Waals surface area (Å²) in [4.78, 5) is 56.2. The molecule has 6 atom stereocenters. The molecule has 2 saturated heterocycles. The highest BCUT2D eigenvalue weighted by molar-refractivity contribution is 8.00. The predicted molar refractivity (Wildman–Crippen MR) is 204 cm³/mol. The molecule has 0 spiro atoms. The van der Waals surface area contributed by atoms with Crippen LogP contribution in [0.3, 0.4) is 0 Å². The number of rotatable bonds is 26. The van der Waals surface area contributed by atoms with Crippen LogP contribution in [0.4, 0.5) is 4.79 Å². The van der Waals surface area contributed by atoms with E-state index >= 15 is 0 Å². The molecule has 0 saturated carbocycles. The highest BCUT2D eigenvalue weighted by atomic mass is 32.2. The van der Waals surface area contributed by atoms with Gasteiger partial charge >= 0.3 is 6.03 Å². The lowest BCUT2D eigenvalue weighted by Gasteiger charge is -2.29. The normalized spacial score (nSPS) is 19.7. The highest BCUT2D eigenvalue weighted by Crippen LogP contribution is 2.33. The Balaban J connectivity index is 1.37. The number of terminal acetylenes is 1. The quantitative estimate of drug-likeness (QED) is 0.0323.